The number of carbonyl (C=O) groups is 1. The van der Waals surface area contributed by atoms with Crippen molar-refractivity contribution >= 4 is 15.9 Å². The van der Waals surface area contributed by atoms with Crippen molar-refractivity contribution in [2.24, 2.45) is 5.92 Å². The van der Waals surface area contributed by atoms with E-state index in [1.54, 1.807) is 43.8 Å². The highest BCUT2D eigenvalue weighted by atomic mass is 32.2. The van der Waals surface area contributed by atoms with Gasteiger partial charge in [-0.3, -0.25) is 9.78 Å². The van der Waals surface area contributed by atoms with E-state index in [0.717, 1.165) is 50.9 Å². The number of hydrogen-bond acceptors (Lipinski definition) is 9. The molecule has 1 aromatic heterocycles. The number of β-amino-alcohol motifs (C(OH)–C–C–N with tert-alkyl or cyclic N) is 1. The van der Waals surface area contributed by atoms with Crippen LogP contribution in [0.25, 0.3) is 0 Å². The zero-order chi connectivity index (χ0) is 33.8. The molecule has 3 aromatic rings. The number of carbonyl (C=O) groups excluding carboxylic acids is 1. The summed E-state index contributed by atoms with van der Waals surface area (Å²) < 4.78 is 75.2. The van der Waals surface area contributed by atoms with E-state index in [1.807, 2.05) is 0 Å². The summed E-state index contributed by atoms with van der Waals surface area (Å²) in [6.45, 7) is 8.05. The molecule has 0 bridgehead atoms. The molecule has 1 aliphatic heterocycles. The van der Waals surface area contributed by atoms with Gasteiger partial charge >= 0.3 is 0 Å². The van der Waals surface area contributed by atoms with E-state index in [-0.39, 0.29) is 11.0 Å². The maximum absolute atomic E-state index is 15.1. The maximum Gasteiger partial charge on any atom is 0.268 e. The number of hydrogen-bond donors (Lipinski definition) is 2. The largest absolute Gasteiger partial charge is 0.492 e. The minimum absolute atomic E-state index is 0.0688. The molecule has 1 atom stereocenters. The van der Waals surface area contributed by atoms with Gasteiger partial charge in [0.05, 0.1) is 34.6 Å². The van der Waals surface area contributed by atoms with Gasteiger partial charge in [0.25, 0.3) is 15.9 Å². The molecule has 254 valence electrons. The molecule has 1 saturated heterocycles. The zero-order valence-corrected chi connectivity index (χ0v) is 27.6. The molecule has 1 aliphatic carbocycles. The molecule has 0 unspecified atom stereocenters. The summed E-state index contributed by atoms with van der Waals surface area (Å²) >= 11 is 0. The van der Waals surface area contributed by atoms with E-state index >= 15 is 8.78 Å². The van der Waals surface area contributed by atoms with Crippen molar-refractivity contribution in [1.82, 2.24) is 14.6 Å². The SMILES string of the molecule is CC[C@@H](Oc1ccc(C(=O)NS(=O)(=O)c2ccc(OC3CCN(CC(C)(C)O)CC3)cc2)c(F)c1F)c1ccc(OCC2CC2)cn1. The third-order valence-electron chi connectivity index (χ3n) is 8.01. The van der Waals surface area contributed by atoms with Gasteiger partial charge in [-0.1, -0.05) is 6.92 Å². The first-order chi connectivity index (χ1) is 22.3. The molecule has 2 fully saturated rings. The van der Waals surface area contributed by atoms with Crippen LogP contribution in [-0.2, 0) is 10.0 Å². The predicted octanol–water partition coefficient (Wildman–Crippen LogP) is 5.41. The average molecular weight is 674 g/mol. The van der Waals surface area contributed by atoms with Crippen LogP contribution in [0.5, 0.6) is 17.2 Å². The summed E-state index contributed by atoms with van der Waals surface area (Å²) in [6.07, 6.45) is 4.98. The van der Waals surface area contributed by atoms with Gasteiger partial charge in [0, 0.05) is 19.6 Å². The van der Waals surface area contributed by atoms with Crippen LogP contribution in [-0.4, -0.2) is 67.3 Å². The number of nitrogens with one attached hydrogen (secondary N) is 1. The lowest BCUT2D eigenvalue weighted by Crippen LogP contribution is -2.45. The summed E-state index contributed by atoms with van der Waals surface area (Å²) in [6, 6.07) is 11.0. The van der Waals surface area contributed by atoms with Crippen molar-refractivity contribution in [3.05, 3.63) is 77.6 Å². The molecular formula is C34H41F2N3O7S. The first-order valence-corrected chi connectivity index (χ1v) is 17.3. The Morgan fingerprint density at radius 2 is 1.70 bits per heavy atom. The highest BCUT2D eigenvalue weighted by molar-refractivity contribution is 7.90. The molecule has 1 saturated carbocycles. The Balaban J connectivity index is 1.17. The standard InChI is InChI=1S/C34H41F2N3O7S/c1-4-29(28-13-9-25(19-37-28)44-20-22-5-6-22)46-30-14-12-27(31(35)32(30)36)33(40)38-47(42,43)26-10-7-23(8-11-26)45-24-15-17-39(18-16-24)21-34(2,3)41/h7-14,19,22,24,29,41H,4-6,15-18,20-21H2,1-3H3,(H,38,40)/t29-/m1/s1. The molecule has 1 amide bonds. The van der Waals surface area contributed by atoms with Gasteiger partial charge in [-0.2, -0.15) is 4.39 Å². The Bertz CT molecular complexity index is 1640. The van der Waals surface area contributed by atoms with Gasteiger partial charge in [-0.05, 0) is 100 Å². The Morgan fingerprint density at radius 3 is 2.30 bits per heavy atom. The van der Waals surface area contributed by atoms with Gasteiger partial charge in [0.2, 0.25) is 5.82 Å². The fourth-order valence-corrected chi connectivity index (χ4v) is 6.29. The lowest BCUT2D eigenvalue weighted by Gasteiger charge is -2.35. The van der Waals surface area contributed by atoms with Gasteiger partial charge in [-0.25, -0.2) is 17.5 Å². The summed E-state index contributed by atoms with van der Waals surface area (Å²) in [5, 5.41) is 10.0. The van der Waals surface area contributed by atoms with Crippen LogP contribution < -0.4 is 18.9 Å². The van der Waals surface area contributed by atoms with Crippen LogP contribution in [0.2, 0.25) is 0 Å². The summed E-state index contributed by atoms with van der Waals surface area (Å²) in [5.74, 6) is -3.09. The monoisotopic (exact) mass is 673 g/mol. The van der Waals surface area contributed by atoms with Crippen LogP contribution in [0.15, 0.2) is 59.6 Å². The minimum atomic E-state index is -4.41. The summed E-state index contributed by atoms with van der Waals surface area (Å²) in [7, 11) is -4.41. The van der Waals surface area contributed by atoms with Gasteiger partial charge < -0.3 is 24.2 Å². The number of nitrogens with zero attached hydrogens (tertiary/aromatic N) is 2. The lowest BCUT2D eigenvalue weighted by molar-refractivity contribution is 0.0140. The molecule has 47 heavy (non-hydrogen) atoms. The number of piperidine rings is 1. The predicted molar refractivity (Wildman–Crippen MR) is 170 cm³/mol. The minimum Gasteiger partial charge on any atom is -0.492 e. The fourth-order valence-electron chi connectivity index (χ4n) is 5.33. The Hall–Kier alpha value is -3.81. The number of benzene rings is 2. The molecule has 13 heteroatoms. The molecule has 10 nitrogen and oxygen atoms in total. The maximum atomic E-state index is 15.1. The van der Waals surface area contributed by atoms with E-state index in [2.05, 4.69) is 9.88 Å². The van der Waals surface area contributed by atoms with Crippen molar-refractivity contribution < 1.29 is 41.3 Å². The van der Waals surface area contributed by atoms with E-state index < -0.39 is 50.6 Å². The van der Waals surface area contributed by atoms with E-state index in [1.165, 1.54) is 24.3 Å². The first-order valence-electron chi connectivity index (χ1n) is 15.8. The number of ether oxygens (including phenoxy) is 3. The quantitative estimate of drug-likeness (QED) is 0.231. The van der Waals surface area contributed by atoms with Crippen molar-refractivity contribution in [2.45, 2.75) is 75.6 Å². The van der Waals surface area contributed by atoms with Gasteiger partial charge in [0.1, 0.15) is 23.7 Å². The topological polar surface area (TPSA) is 127 Å². The summed E-state index contributed by atoms with van der Waals surface area (Å²) in [5.41, 5.74) is -1.09. The lowest BCUT2D eigenvalue weighted by atomic mass is 10.0. The second-order valence-corrected chi connectivity index (χ2v) is 14.4. The molecule has 0 spiro atoms. The number of amides is 1. The van der Waals surface area contributed by atoms with Crippen molar-refractivity contribution in [3.8, 4) is 17.2 Å². The number of halogens is 2. The van der Waals surface area contributed by atoms with Crippen molar-refractivity contribution in [3.63, 3.8) is 0 Å². The Kier molecular flexibility index (Phi) is 10.7. The molecular weight excluding hydrogens is 632 g/mol. The van der Waals surface area contributed by atoms with Crippen LogP contribution in [0.3, 0.4) is 0 Å². The number of pyridine rings is 1. The number of rotatable bonds is 14. The number of aliphatic hydroxyl groups is 1. The molecule has 5 rings (SSSR count). The van der Waals surface area contributed by atoms with Gasteiger partial charge in [0.15, 0.2) is 11.6 Å². The van der Waals surface area contributed by atoms with Crippen molar-refractivity contribution in [1.29, 1.82) is 0 Å². The Morgan fingerprint density at radius 1 is 1.02 bits per heavy atom. The van der Waals surface area contributed by atoms with Crippen LogP contribution in [0, 0.1) is 17.6 Å². The van der Waals surface area contributed by atoms with Crippen molar-refractivity contribution in [2.75, 3.05) is 26.2 Å². The summed E-state index contributed by atoms with van der Waals surface area (Å²) in [4.78, 5) is 19.0. The van der Waals surface area contributed by atoms with E-state index in [9.17, 15) is 18.3 Å². The fraction of sp³-hybridized carbons (Fsp3) is 0.471. The molecule has 0 radical (unpaired) electrons. The number of sulfonamides is 1. The average Bonchev–Trinajstić information content (AvgIpc) is 3.86. The van der Waals surface area contributed by atoms with Crippen LogP contribution in [0.4, 0.5) is 8.78 Å². The van der Waals surface area contributed by atoms with Crippen LogP contribution in [0.1, 0.15) is 75.0 Å². The molecule has 2 N–H and O–H groups in total. The second kappa shape index (κ2) is 14.5. The zero-order valence-electron chi connectivity index (χ0n) is 26.7. The molecule has 2 aliphatic rings. The normalized spacial score (nSPS) is 16.8. The number of aromatic nitrogens is 1. The third-order valence-corrected chi connectivity index (χ3v) is 9.36. The molecule has 2 heterocycles. The number of likely N-dealkylation sites (tertiary alicyclic amines) is 1. The third kappa shape index (κ3) is 9.39. The van der Waals surface area contributed by atoms with Crippen LogP contribution >= 0.6 is 0 Å². The first kappa shape index (κ1) is 34.5. The van der Waals surface area contributed by atoms with E-state index in [4.69, 9.17) is 14.2 Å². The smallest absolute Gasteiger partial charge is 0.268 e. The highest BCUT2D eigenvalue weighted by Gasteiger charge is 2.28. The van der Waals surface area contributed by atoms with Gasteiger partial charge in [-0.15, -0.1) is 0 Å². The molecule has 2 aromatic carbocycles. The highest BCUT2D eigenvalue weighted by Crippen LogP contribution is 2.31. The second-order valence-electron chi connectivity index (χ2n) is 12.7. The van der Waals surface area contributed by atoms with E-state index in [0.29, 0.717) is 42.7 Å². The Labute approximate surface area is 274 Å².